The van der Waals surface area contributed by atoms with Crippen LogP contribution in [0.25, 0.3) is 11.2 Å². The zero-order valence-corrected chi connectivity index (χ0v) is 18.5. The number of anilines is 5. The zero-order valence-electron chi connectivity index (χ0n) is 18.5. The van der Waals surface area contributed by atoms with Crippen molar-refractivity contribution in [3.05, 3.63) is 42.4 Å². The standard InChI is InChI=1S/C21H24N10O2/c1-4-31-16(9-12(2)29-31)26-17(33)10-30-11-23-18-19(27-21(22)28-20(18)30)25-15-7-5-14(6-8-15)24-13(3)32/h5-9,11H,4,10H2,1-3H3,(H,24,32)(H,26,33)(H3,22,25,27,28). The first-order valence-electron chi connectivity index (χ1n) is 10.3. The fraction of sp³-hybridized carbons (Fsp3) is 0.238. The number of imidazole rings is 1. The van der Waals surface area contributed by atoms with E-state index >= 15 is 0 Å². The van der Waals surface area contributed by atoms with E-state index in [1.807, 2.05) is 19.9 Å². The van der Waals surface area contributed by atoms with Crippen molar-refractivity contribution in [2.75, 3.05) is 21.7 Å². The molecule has 170 valence electrons. The molecule has 0 bridgehead atoms. The summed E-state index contributed by atoms with van der Waals surface area (Å²) in [5, 5.41) is 13.1. The van der Waals surface area contributed by atoms with Gasteiger partial charge in [0.1, 0.15) is 12.4 Å². The van der Waals surface area contributed by atoms with E-state index in [-0.39, 0.29) is 24.3 Å². The molecular formula is C21H24N10O2. The van der Waals surface area contributed by atoms with E-state index in [0.29, 0.717) is 35.0 Å². The SMILES string of the molecule is CCn1nc(C)cc1NC(=O)Cn1cnc2c(Nc3ccc(NC(C)=O)cc3)nc(N)nc21. The van der Waals surface area contributed by atoms with Crippen LogP contribution in [0.1, 0.15) is 19.5 Å². The number of amides is 2. The maximum atomic E-state index is 12.6. The molecule has 0 aliphatic heterocycles. The summed E-state index contributed by atoms with van der Waals surface area (Å²) in [7, 11) is 0. The topological polar surface area (TPSA) is 158 Å². The first kappa shape index (κ1) is 21.7. The molecule has 0 spiro atoms. The molecule has 4 aromatic rings. The molecule has 5 N–H and O–H groups in total. The van der Waals surface area contributed by atoms with Gasteiger partial charge in [-0.25, -0.2) is 9.67 Å². The van der Waals surface area contributed by atoms with Crippen LogP contribution in [0.2, 0.25) is 0 Å². The highest BCUT2D eigenvalue weighted by molar-refractivity contribution is 5.92. The van der Waals surface area contributed by atoms with Crippen LogP contribution >= 0.6 is 0 Å². The van der Waals surface area contributed by atoms with Crippen molar-refractivity contribution < 1.29 is 9.59 Å². The van der Waals surface area contributed by atoms with Gasteiger partial charge in [-0.1, -0.05) is 0 Å². The van der Waals surface area contributed by atoms with Gasteiger partial charge in [0, 0.05) is 30.9 Å². The minimum atomic E-state index is -0.246. The predicted octanol–water partition coefficient (Wildman–Crippen LogP) is 2.27. The first-order chi connectivity index (χ1) is 15.8. The molecule has 33 heavy (non-hydrogen) atoms. The molecule has 3 heterocycles. The van der Waals surface area contributed by atoms with E-state index in [0.717, 1.165) is 11.4 Å². The number of rotatable bonds is 7. The molecule has 1 aromatic carbocycles. The van der Waals surface area contributed by atoms with Crippen molar-refractivity contribution in [2.24, 2.45) is 0 Å². The Morgan fingerprint density at radius 2 is 1.82 bits per heavy atom. The fourth-order valence-corrected chi connectivity index (χ4v) is 3.37. The van der Waals surface area contributed by atoms with Gasteiger partial charge < -0.3 is 26.3 Å². The number of carbonyl (C=O) groups is 2. The average molecular weight is 448 g/mol. The van der Waals surface area contributed by atoms with Crippen LogP contribution in [0.3, 0.4) is 0 Å². The Hall–Kier alpha value is -4.48. The zero-order chi connectivity index (χ0) is 23.5. The number of carbonyl (C=O) groups excluding carboxylic acids is 2. The van der Waals surface area contributed by atoms with Crippen LogP contribution in [-0.2, 0) is 22.7 Å². The van der Waals surface area contributed by atoms with E-state index in [4.69, 9.17) is 5.73 Å². The summed E-state index contributed by atoms with van der Waals surface area (Å²) >= 11 is 0. The van der Waals surface area contributed by atoms with Crippen LogP contribution in [-0.4, -0.2) is 41.1 Å². The Kier molecular flexibility index (Phi) is 5.89. The molecule has 0 atom stereocenters. The minimum absolute atomic E-state index is 0.00819. The number of aromatic nitrogens is 6. The summed E-state index contributed by atoms with van der Waals surface area (Å²) < 4.78 is 3.33. The van der Waals surface area contributed by atoms with Crippen molar-refractivity contribution in [1.29, 1.82) is 0 Å². The lowest BCUT2D eigenvalue weighted by atomic mass is 10.2. The first-order valence-corrected chi connectivity index (χ1v) is 10.3. The number of hydrogen-bond acceptors (Lipinski definition) is 8. The van der Waals surface area contributed by atoms with Crippen molar-refractivity contribution >= 4 is 51.9 Å². The van der Waals surface area contributed by atoms with Gasteiger partial charge in [0.15, 0.2) is 17.0 Å². The second-order valence-corrected chi connectivity index (χ2v) is 7.39. The molecule has 12 nitrogen and oxygen atoms in total. The summed E-state index contributed by atoms with van der Waals surface area (Å²) in [5.41, 5.74) is 9.03. The van der Waals surface area contributed by atoms with Crippen molar-refractivity contribution in [1.82, 2.24) is 29.3 Å². The van der Waals surface area contributed by atoms with Crippen LogP contribution in [0.4, 0.5) is 29.0 Å². The highest BCUT2D eigenvalue weighted by Gasteiger charge is 2.16. The monoisotopic (exact) mass is 448 g/mol. The van der Waals surface area contributed by atoms with E-state index in [9.17, 15) is 9.59 Å². The van der Waals surface area contributed by atoms with Gasteiger partial charge in [-0.15, -0.1) is 0 Å². The van der Waals surface area contributed by atoms with Crippen LogP contribution < -0.4 is 21.7 Å². The van der Waals surface area contributed by atoms with Gasteiger partial charge in [-0.05, 0) is 38.1 Å². The van der Waals surface area contributed by atoms with Gasteiger partial charge in [-0.2, -0.15) is 15.1 Å². The second-order valence-electron chi connectivity index (χ2n) is 7.39. The Balaban J connectivity index is 1.54. The van der Waals surface area contributed by atoms with Gasteiger partial charge in [0.25, 0.3) is 0 Å². The number of aryl methyl sites for hydroxylation is 2. The van der Waals surface area contributed by atoms with E-state index in [1.54, 1.807) is 33.5 Å². The average Bonchev–Trinajstić information content (AvgIpc) is 3.31. The summed E-state index contributed by atoms with van der Waals surface area (Å²) in [5.74, 6) is 0.683. The molecule has 0 radical (unpaired) electrons. The molecule has 3 aromatic heterocycles. The Bertz CT molecular complexity index is 1320. The van der Waals surface area contributed by atoms with Crippen LogP contribution in [0.15, 0.2) is 36.7 Å². The number of nitrogens with two attached hydrogens (primary N) is 1. The highest BCUT2D eigenvalue weighted by atomic mass is 16.2. The maximum Gasteiger partial charge on any atom is 0.245 e. The minimum Gasteiger partial charge on any atom is -0.368 e. The van der Waals surface area contributed by atoms with Gasteiger partial charge in [0.05, 0.1) is 12.0 Å². The molecule has 0 saturated heterocycles. The molecule has 4 rings (SSSR count). The van der Waals surface area contributed by atoms with Gasteiger partial charge in [0.2, 0.25) is 17.8 Å². The van der Waals surface area contributed by atoms with Crippen molar-refractivity contribution in [3.63, 3.8) is 0 Å². The lowest BCUT2D eigenvalue weighted by molar-refractivity contribution is -0.117. The highest BCUT2D eigenvalue weighted by Crippen LogP contribution is 2.24. The third-order valence-corrected chi connectivity index (χ3v) is 4.73. The largest absolute Gasteiger partial charge is 0.368 e. The molecule has 2 amide bonds. The van der Waals surface area contributed by atoms with Crippen molar-refractivity contribution in [2.45, 2.75) is 33.9 Å². The van der Waals surface area contributed by atoms with Crippen LogP contribution in [0.5, 0.6) is 0 Å². The van der Waals surface area contributed by atoms with E-state index in [1.165, 1.54) is 13.3 Å². The predicted molar refractivity (Wildman–Crippen MR) is 125 cm³/mol. The normalized spacial score (nSPS) is 10.9. The molecule has 0 aliphatic rings. The maximum absolute atomic E-state index is 12.6. The van der Waals surface area contributed by atoms with Gasteiger partial charge >= 0.3 is 0 Å². The molecule has 0 saturated carbocycles. The molecule has 0 aliphatic carbocycles. The summed E-state index contributed by atoms with van der Waals surface area (Å²) in [6.07, 6.45) is 1.52. The summed E-state index contributed by atoms with van der Waals surface area (Å²) in [6, 6.07) is 8.92. The number of benzene rings is 1. The Morgan fingerprint density at radius 3 is 2.52 bits per heavy atom. The third-order valence-electron chi connectivity index (χ3n) is 4.73. The van der Waals surface area contributed by atoms with Crippen molar-refractivity contribution in [3.8, 4) is 0 Å². The molecule has 0 fully saturated rings. The molecule has 12 heteroatoms. The summed E-state index contributed by atoms with van der Waals surface area (Å²) in [6.45, 7) is 5.90. The van der Waals surface area contributed by atoms with E-state index < -0.39 is 0 Å². The number of nitrogen functional groups attached to an aromatic ring is 1. The summed E-state index contributed by atoms with van der Waals surface area (Å²) in [4.78, 5) is 36.7. The fourth-order valence-electron chi connectivity index (χ4n) is 3.37. The smallest absolute Gasteiger partial charge is 0.245 e. The second kappa shape index (κ2) is 8.94. The lowest BCUT2D eigenvalue weighted by Gasteiger charge is -2.10. The molecular weight excluding hydrogens is 424 g/mol. The Labute approximate surface area is 189 Å². The number of fused-ring (bicyclic) bond motifs is 1. The van der Waals surface area contributed by atoms with Crippen LogP contribution in [0, 0.1) is 6.92 Å². The quantitative estimate of drug-likeness (QED) is 0.335. The third kappa shape index (κ3) is 4.89. The lowest BCUT2D eigenvalue weighted by Crippen LogP contribution is -2.20. The molecule has 0 unspecified atom stereocenters. The number of nitrogens with zero attached hydrogens (tertiary/aromatic N) is 6. The number of nitrogens with one attached hydrogen (secondary N) is 3. The Morgan fingerprint density at radius 1 is 1.09 bits per heavy atom. The van der Waals surface area contributed by atoms with Gasteiger partial charge in [-0.3, -0.25) is 9.59 Å². The van der Waals surface area contributed by atoms with E-state index in [2.05, 4.69) is 36.0 Å². The number of hydrogen-bond donors (Lipinski definition) is 4.